The van der Waals surface area contributed by atoms with Crippen LogP contribution >= 0.6 is 11.3 Å². The Morgan fingerprint density at radius 2 is 2.20 bits per heavy atom. The summed E-state index contributed by atoms with van der Waals surface area (Å²) in [5.74, 6) is 0.383. The van der Waals surface area contributed by atoms with Crippen LogP contribution in [-0.2, 0) is 16.1 Å². The molecule has 2 fully saturated rings. The van der Waals surface area contributed by atoms with Gasteiger partial charge in [-0.1, -0.05) is 6.92 Å². The fourth-order valence-corrected chi connectivity index (χ4v) is 3.53. The summed E-state index contributed by atoms with van der Waals surface area (Å²) in [5, 5.41) is 3.80. The first-order chi connectivity index (χ1) is 9.60. The standard InChI is InChI=1S/C14H19N3O2S/c1-3-10-13(18)16-12(9-4-5-9)14(19)17(10)7-11-15-6-8(2)20-11/h6,9-10,12H,3-5,7H2,1-2H3,(H,16,18). The average Bonchev–Trinajstić information content (AvgIpc) is 3.17. The number of carbonyl (C=O) groups is 2. The molecular formula is C14H19N3O2S. The number of piperazine rings is 1. The summed E-state index contributed by atoms with van der Waals surface area (Å²) in [5.41, 5.74) is 0. The maximum atomic E-state index is 12.6. The monoisotopic (exact) mass is 293 g/mol. The number of aromatic nitrogens is 1. The van der Waals surface area contributed by atoms with Gasteiger partial charge in [0.05, 0.1) is 6.54 Å². The van der Waals surface area contributed by atoms with Gasteiger partial charge in [0.2, 0.25) is 11.8 Å². The van der Waals surface area contributed by atoms with Crippen LogP contribution < -0.4 is 5.32 Å². The molecule has 1 aliphatic carbocycles. The molecule has 2 unspecified atom stereocenters. The van der Waals surface area contributed by atoms with Gasteiger partial charge in [-0.2, -0.15) is 0 Å². The van der Waals surface area contributed by atoms with Crippen molar-refractivity contribution < 1.29 is 9.59 Å². The topological polar surface area (TPSA) is 62.3 Å². The number of carbonyl (C=O) groups excluding carboxylic acids is 2. The molecule has 1 aromatic rings. The van der Waals surface area contributed by atoms with Crippen molar-refractivity contribution in [3.05, 3.63) is 16.1 Å². The first-order valence-corrected chi connectivity index (χ1v) is 7.94. The first kappa shape index (κ1) is 13.5. The van der Waals surface area contributed by atoms with Gasteiger partial charge in [-0.25, -0.2) is 4.98 Å². The largest absolute Gasteiger partial charge is 0.342 e. The SMILES string of the molecule is CCC1C(=O)NC(C2CC2)C(=O)N1Cc1ncc(C)s1. The van der Waals surface area contributed by atoms with E-state index in [-0.39, 0.29) is 23.9 Å². The normalized spacial score (nSPS) is 26.8. The third-order valence-electron chi connectivity index (χ3n) is 3.98. The second-order valence-corrected chi connectivity index (χ2v) is 6.90. The van der Waals surface area contributed by atoms with Crippen molar-refractivity contribution >= 4 is 23.2 Å². The summed E-state index contributed by atoms with van der Waals surface area (Å²) in [6.07, 6.45) is 4.53. The molecule has 5 nitrogen and oxygen atoms in total. The van der Waals surface area contributed by atoms with Gasteiger partial charge in [0.1, 0.15) is 17.1 Å². The van der Waals surface area contributed by atoms with Gasteiger partial charge >= 0.3 is 0 Å². The lowest BCUT2D eigenvalue weighted by Gasteiger charge is -2.38. The summed E-state index contributed by atoms with van der Waals surface area (Å²) in [7, 11) is 0. The minimum Gasteiger partial charge on any atom is -0.342 e. The van der Waals surface area contributed by atoms with Gasteiger partial charge in [0.15, 0.2) is 0 Å². The number of nitrogens with zero attached hydrogens (tertiary/aromatic N) is 2. The molecule has 6 heteroatoms. The van der Waals surface area contributed by atoms with E-state index in [2.05, 4.69) is 10.3 Å². The number of nitrogens with one attached hydrogen (secondary N) is 1. The fraction of sp³-hybridized carbons (Fsp3) is 0.643. The highest BCUT2D eigenvalue weighted by atomic mass is 32.1. The quantitative estimate of drug-likeness (QED) is 0.914. The van der Waals surface area contributed by atoms with E-state index in [1.165, 1.54) is 0 Å². The van der Waals surface area contributed by atoms with Gasteiger partial charge < -0.3 is 10.2 Å². The molecule has 1 saturated carbocycles. The highest BCUT2D eigenvalue weighted by molar-refractivity contribution is 7.11. The molecule has 0 aromatic carbocycles. The van der Waals surface area contributed by atoms with E-state index in [9.17, 15) is 9.59 Å². The average molecular weight is 293 g/mol. The highest BCUT2D eigenvalue weighted by Crippen LogP contribution is 2.35. The Kier molecular flexibility index (Phi) is 3.50. The molecule has 0 radical (unpaired) electrons. The molecular weight excluding hydrogens is 274 g/mol. The van der Waals surface area contributed by atoms with Crippen molar-refractivity contribution in [1.29, 1.82) is 0 Å². The lowest BCUT2D eigenvalue weighted by molar-refractivity contribution is -0.150. The molecule has 108 valence electrons. The summed E-state index contributed by atoms with van der Waals surface area (Å²) < 4.78 is 0. The smallest absolute Gasteiger partial charge is 0.246 e. The second kappa shape index (κ2) is 5.16. The molecule has 3 rings (SSSR count). The lowest BCUT2D eigenvalue weighted by atomic mass is 10.0. The number of thiazole rings is 1. The number of rotatable bonds is 4. The van der Waals surface area contributed by atoms with Crippen LogP contribution in [0.3, 0.4) is 0 Å². The zero-order valence-electron chi connectivity index (χ0n) is 11.8. The Morgan fingerprint density at radius 3 is 2.75 bits per heavy atom. The Bertz CT molecular complexity index is 538. The molecule has 1 aliphatic heterocycles. The van der Waals surface area contributed by atoms with Crippen LogP contribution in [0, 0.1) is 12.8 Å². The molecule has 2 aliphatic rings. The van der Waals surface area contributed by atoms with Crippen molar-refractivity contribution in [1.82, 2.24) is 15.2 Å². The van der Waals surface area contributed by atoms with Crippen molar-refractivity contribution in [2.24, 2.45) is 5.92 Å². The lowest BCUT2D eigenvalue weighted by Crippen LogP contribution is -2.63. The van der Waals surface area contributed by atoms with Crippen molar-refractivity contribution in [3.63, 3.8) is 0 Å². The van der Waals surface area contributed by atoms with E-state index in [1.54, 1.807) is 16.2 Å². The third-order valence-corrected chi connectivity index (χ3v) is 4.88. The predicted molar refractivity (Wildman–Crippen MR) is 76.1 cm³/mol. The Labute approximate surface area is 122 Å². The van der Waals surface area contributed by atoms with E-state index in [0.717, 1.165) is 22.7 Å². The van der Waals surface area contributed by atoms with Crippen molar-refractivity contribution in [2.45, 2.75) is 51.7 Å². The van der Waals surface area contributed by atoms with Crippen LogP contribution in [0.2, 0.25) is 0 Å². The van der Waals surface area contributed by atoms with E-state index in [0.29, 0.717) is 18.9 Å². The Balaban J connectivity index is 1.82. The molecule has 20 heavy (non-hydrogen) atoms. The molecule has 1 saturated heterocycles. The van der Waals surface area contributed by atoms with Crippen LogP contribution in [0.5, 0.6) is 0 Å². The Morgan fingerprint density at radius 1 is 1.45 bits per heavy atom. The second-order valence-electron chi connectivity index (χ2n) is 5.58. The highest BCUT2D eigenvalue weighted by Gasteiger charge is 2.46. The van der Waals surface area contributed by atoms with Crippen LogP contribution in [-0.4, -0.2) is 33.8 Å². The maximum absolute atomic E-state index is 12.6. The fourth-order valence-electron chi connectivity index (χ4n) is 2.75. The molecule has 1 N–H and O–H groups in total. The maximum Gasteiger partial charge on any atom is 0.246 e. The molecule has 0 spiro atoms. The summed E-state index contributed by atoms with van der Waals surface area (Å²) in [4.78, 5) is 32.0. The molecule has 2 amide bonds. The van der Waals surface area contributed by atoms with Gasteiger partial charge in [0.25, 0.3) is 0 Å². The van der Waals surface area contributed by atoms with E-state index in [1.807, 2.05) is 20.0 Å². The predicted octanol–water partition coefficient (Wildman–Crippen LogP) is 1.47. The van der Waals surface area contributed by atoms with Gasteiger partial charge in [-0.15, -0.1) is 11.3 Å². The van der Waals surface area contributed by atoms with Crippen molar-refractivity contribution in [3.8, 4) is 0 Å². The molecule has 2 heterocycles. The van der Waals surface area contributed by atoms with Gasteiger partial charge in [-0.05, 0) is 32.1 Å². The first-order valence-electron chi connectivity index (χ1n) is 7.12. The zero-order chi connectivity index (χ0) is 14.3. The minimum atomic E-state index is -0.360. The minimum absolute atomic E-state index is 0.0164. The van der Waals surface area contributed by atoms with Crippen LogP contribution in [0.1, 0.15) is 36.1 Å². The third kappa shape index (κ3) is 2.44. The van der Waals surface area contributed by atoms with Gasteiger partial charge in [-0.3, -0.25) is 9.59 Å². The molecule has 2 atom stereocenters. The van der Waals surface area contributed by atoms with Crippen LogP contribution in [0.15, 0.2) is 6.20 Å². The van der Waals surface area contributed by atoms with Crippen molar-refractivity contribution in [2.75, 3.05) is 0 Å². The van der Waals surface area contributed by atoms with E-state index < -0.39 is 0 Å². The number of aryl methyl sites for hydroxylation is 1. The van der Waals surface area contributed by atoms with Crippen LogP contribution in [0.25, 0.3) is 0 Å². The summed E-state index contributed by atoms with van der Waals surface area (Å²) in [6, 6.07) is -0.673. The van der Waals surface area contributed by atoms with E-state index >= 15 is 0 Å². The number of hydrogen-bond donors (Lipinski definition) is 1. The zero-order valence-corrected chi connectivity index (χ0v) is 12.6. The van der Waals surface area contributed by atoms with E-state index in [4.69, 9.17) is 0 Å². The summed E-state index contributed by atoms with van der Waals surface area (Å²) in [6.45, 7) is 4.39. The molecule has 0 bridgehead atoms. The van der Waals surface area contributed by atoms with Gasteiger partial charge in [0, 0.05) is 11.1 Å². The molecule has 1 aromatic heterocycles. The number of hydrogen-bond acceptors (Lipinski definition) is 4. The van der Waals surface area contributed by atoms with Crippen LogP contribution in [0.4, 0.5) is 0 Å². The number of amides is 2. The summed E-state index contributed by atoms with van der Waals surface area (Å²) >= 11 is 1.59. The Hall–Kier alpha value is -1.43.